The van der Waals surface area contributed by atoms with Crippen molar-refractivity contribution in [3.63, 3.8) is 0 Å². The monoisotopic (exact) mass is 515 g/mol. The largest absolute Gasteiger partial charge is 0.486 e. The van der Waals surface area contributed by atoms with Gasteiger partial charge in [0.1, 0.15) is 6.10 Å². The van der Waals surface area contributed by atoms with Gasteiger partial charge in [-0.1, -0.05) is 12.1 Å². The van der Waals surface area contributed by atoms with Crippen molar-refractivity contribution in [1.82, 2.24) is 20.4 Å². The summed E-state index contributed by atoms with van der Waals surface area (Å²) in [7, 11) is 2.92. The highest BCUT2D eigenvalue weighted by Gasteiger charge is 2.36. The minimum absolute atomic E-state index is 0. The van der Waals surface area contributed by atoms with E-state index in [1.807, 2.05) is 0 Å². The lowest BCUT2D eigenvalue weighted by molar-refractivity contribution is -0.142. The second kappa shape index (κ2) is 10.5. The molecule has 1 heterocycles. The Hall–Kier alpha value is -2.05. The van der Waals surface area contributed by atoms with Gasteiger partial charge in [-0.3, -0.25) is 9.67 Å². The maximum atomic E-state index is 13.6. The number of ether oxygens (including phenoxy) is 1. The van der Waals surface area contributed by atoms with Crippen LogP contribution in [0.2, 0.25) is 0 Å². The summed E-state index contributed by atoms with van der Waals surface area (Å²) in [5, 5.41) is 9.18. The molecule has 0 aliphatic carbocycles. The van der Waals surface area contributed by atoms with Crippen LogP contribution in [0.4, 0.5) is 17.6 Å². The van der Waals surface area contributed by atoms with Gasteiger partial charge in [0, 0.05) is 32.4 Å². The molecule has 0 saturated heterocycles. The zero-order valence-electron chi connectivity index (χ0n) is 15.5. The van der Waals surface area contributed by atoms with Gasteiger partial charge < -0.3 is 15.4 Å². The van der Waals surface area contributed by atoms with Crippen LogP contribution in [0.3, 0.4) is 0 Å². The van der Waals surface area contributed by atoms with Crippen molar-refractivity contribution in [2.75, 3.05) is 13.6 Å². The Labute approximate surface area is 177 Å². The molecule has 0 aliphatic heterocycles. The van der Waals surface area contributed by atoms with E-state index in [1.54, 1.807) is 19.1 Å². The minimum Gasteiger partial charge on any atom is -0.486 e. The van der Waals surface area contributed by atoms with Crippen LogP contribution >= 0.6 is 24.0 Å². The molecule has 0 fully saturated rings. The third kappa shape index (κ3) is 6.84. The van der Waals surface area contributed by atoms with Gasteiger partial charge in [0.25, 0.3) is 0 Å². The van der Waals surface area contributed by atoms with Gasteiger partial charge in [-0.2, -0.15) is 18.3 Å². The predicted octanol–water partition coefficient (Wildman–Crippen LogP) is 3.33. The molecule has 2 N–H and O–H groups in total. The molecule has 1 atom stereocenters. The van der Waals surface area contributed by atoms with E-state index in [2.05, 4.69) is 20.7 Å². The van der Waals surface area contributed by atoms with Crippen molar-refractivity contribution in [2.45, 2.75) is 25.7 Å². The molecule has 156 valence electrons. The Bertz CT molecular complexity index is 794. The Morgan fingerprint density at radius 1 is 1.29 bits per heavy atom. The number of hydrogen-bond acceptors (Lipinski definition) is 3. The van der Waals surface area contributed by atoms with E-state index in [9.17, 15) is 17.6 Å². The number of benzene rings is 1. The average molecular weight is 515 g/mol. The minimum atomic E-state index is -4.53. The molecular formula is C17H22F4IN5O. The summed E-state index contributed by atoms with van der Waals surface area (Å²) in [6, 6.07) is 6.03. The van der Waals surface area contributed by atoms with E-state index >= 15 is 0 Å². The number of aromatic nitrogens is 2. The Balaban J connectivity index is 0.00000392. The van der Waals surface area contributed by atoms with E-state index < -0.39 is 23.8 Å². The van der Waals surface area contributed by atoms with Gasteiger partial charge in [-0.25, -0.2) is 4.39 Å². The van der Waals surface area contributed by atoms with Crippen LogP contribution in [-0.2, 0) is 19.8 Å². The summed E-state index contributed by atoms with van der Waals surface area (Å²) in [6.45, 7) is 1.90. The van der Waals surface area contributed by atoms with E-state index in [0.717, 1.165) is 4.68 Å². The molecule has 28 heavy (non-hydrogen) atoms. The standard InChI is InChI=1S/C17H21F4N5O.HI/c1-11(27-14-7-5-4-6-13(14)18)8-23-16(22-2)24-9-12-10-26(3)25-15(12)17(19,20)21;/h4-7,10-11H,8-9H2,1-3H3,(H2,22,23,24);1H. The van der Waals surface area contributed by atoms with Gasteiger partial charge >= 0.3 is 6.18 Å². The SMILES string of the molecule is CN=C(NCc1cn(C)nc1C(F)(F)F)NCC(C)Oc1ccccc1F.I. The Kier molecular flexibility index (Phi) is 8.98. The highest BCUT2D eigenvalue weighted by Crippen LogP contribution is 2.30. The molecule has 2 aromatic rings. The summed E-state index contributed by atoms with van der Waals surface area (Å²) in [5.41, 5.74) is -0.937. The van der Waals surface area contributed by atoms with Crippen molar-refractivity contribution >= 4 is 29.9 Å². The number of nitrogens with one attached hydrogen (secondary N) is 2. The first kappa shape index (κ1) is 24.0. The van der Waals surface area contributed by atoms with Crippen LogP contribution in [0.5, 0.6) is 5.75 Å². The zero-order chi connectivity index (χ0) is 20.0. The average Bonchev–Trinajstić information content (AvgIpc) is 2.98. The number of hydrogen-bond donors (Lipinski definition) is 2. The molecule has 0 bridgehead atoms. The third-order valence-corrected chi connectivity index (χ3v) is 3.56. The molecule has 1 aromatic heterocycles. The van der Waals surface area contributed by atoms with E-state index in [0.29, 0.717) is 0 Å². The van der Waals surface area contributed by atoms with E-state index in [4.69, 9.17) is 4.74 Å². The Morgan fingerprint density at radius 3 is 2.57 bits per heavy atom. The summed E-state index contributed by atoms with van der Waals surface area (Å²) < 4.78 is 59.1. The fourth-order valence-corrected chi connectivity index (χ4v) is 2.34. The highest BCUT2D eigenvalue weighted by molar-refractivity contribution is 14.0. The number of para-hydroxylation sites is 1. The molecule has 1 aromatic carbocycles. The smallest absolute Gasteiger partial charge is 0.435 e. The van der Waals surface area contributed by atoms with Crippen LogP contribution in [0, 0.1) is 5.82 Å². The number of nitrogens with zero attached hydrogens (tertiary/aromatic N) is 3. The molecule has 0 saturated carbocycles. The molecule has 11 heteroatoms. The van der Waals surface area contributed by atoms with Crippen LogP contribution in [0.15, 0.2) is 35.5 Å². The molecule has 0 spiro atoms. The normalized spacial score (nSPS) is 12.9. The molecule has 6 nitrogen and oxygen atoms in total. The van der Waals surface area contributed by atoms with Crippen molar-refractivity contribution in [2.24, 2.45) is 12.0 Å². The molecule has 1 unspecified atom stereocenters. The van der Waals surface area contributed by atoms with Crippen LogP contribution in [0.25, 0.3) is 0 Å². The van der Waals surface area contributed by atoms with Crippen molar-refractivity contribution in [3.05, 3.63) is 47.5 Å². The first-order valence-corrected chi connectivity index (χ1v) is 8.16. The second-order valence-corrected chi connectivity index (χ2v) is 5.84. The van der Waals surface area contributed by atoms with Crippen LogP contribution in [-0.4, -0.2) is 35.4 Å². The van der Waals surface area contributed by atoms with Gasteiger partial charge in [-0.15, -0.1) is 24.0 Å². The van der Waals surface area contributed by atoms with E-state index in [-0.39, 0.29) is 54.3 Å². The number of aliphatic imine (C=N–C) groups is 1. The summed E-state index contributed by atoms with van der Waals surface area (Å²) in [6.07, 6.45) is -3.63. The zero-order valence-corrected chi connectivity index (χ0v) is 17.9. The Morgan fingerprint density at radius 2 is 1.96 bits per heavy atom. The van der Waals surface area contributed by atoms with Crippen molar-refractivity contribution < 1.29 is 22.3 Å². The molecular weight excluding hydrogens is 493 g/mol. The first-order valence-electron chi connectivity index (χ1n) is 8.16. The summed E-state index contributed by atoms with van der Waals surface area (Å²) in [5.74, 6) is -0.0565. The number of guanidine groups is 1. The summed E-state index contributed by atoms with van der Waals surface area (Å²) in [4.78, 5) is 3.95. The van der Waals surface area contributed by atoms with Crippen LogP contribution < -0.4 is 15.4 Å². The molecule has 0 aliphatic rings. The third-order valence-electron chi connectivity index (χ3n) is 3.56. The van der Waals surface area contributed by atoms with E-state index in [1.165, 1.54) is 32.4 Å². The lowest BCUT2D eigenvalue weighted by Crippen LogP contribution is -2.41. The quantitative estimate of drug-likeness (QED) is 0.268. The molecule has 0 radical (unpaired) electrons. The summed E-state index contributed by atoms with van der Waals surface area (Å²) >= 11 is 0. The lowest BCUT2D eigenvalue weighted by Gasteiger charge is -2.18. The number of aryl methyl sites for hydroxylation is 1. The fraction of sp³-hybridized carbons (Fsp3) is 0.412. The van der Waals surface area contributed by atoms with Gasteiger partial charge in [0.15, 0.2) is 23.2 Å². The lowest BCUT2D eigenvalue weighted by atomic mass is 10.2. The maximum absolute atomic E-state index is 13.6. The first-order chi connectivity index (χ1) is 12.7. The van der Waals surface area contributed by atoms with Gasteiger partial charge in [0.2, 0.25) is 0 Å². The van der Waals surface area contributed by atoms with Gasteiger partial charge in [0.05, 0.1) is 6.54 Å². The number of alkyl halides is 3. The molecule has 0 amide bonds. The van der Waals surface area contributed by atoms with Crippen LogP contribution in [0.1, 0.15) is 18.2 Å². The second-order valence-electron chi connectivity index (χ2n) is 5.84. The fourth-order valence-electron chi connectivity index (χ4n) is 2.34. The highest BCUT2D eigenvalue weighted by atomic mass is 127. The maximum Gasteiger partial charge on any atom is 0.435 e. The van der Waals surface area contributed by atoms with Gasteiger partial charge in [-0.05, 0) is 19.1 Å². The van der Waals surface area contributed by atoms with Crippen molar-refractivity contribution in [3.8, 4) is 5.75 Å². The predicted molar refractivity (Wildman–Crippen MR) is 108 cm³/mol. The van der Waals surface area contributed by atoms with Crippen molar-refractivity contribution in [1.29, 1.82) is 0 Å². The molecule has 2 rings (SSSR count). The number of rotatable bonds is 6. The number of halogens is 5. The topological polar surface area (TPSA) is 63.5 Å².